The highest BCUT2D eigenvalue weighted by Crippen LogP contribution is 2.48. The molecule has 0 amide bonds. The number of hydrogen-bond acceptors (Lipinski definition) is 3. The van der Waals surface area contributed by atoms with Crippen LogP contribution in [0.5, 0.6) is 0 Å². The molecule has 0 spiro atoms. The van der Waals surface area contributed by atoms with Crippen LogP contribution in [-0.4, -0.2) is 39.6 Å². The van der Waals surface area contributed by atoms with Crippen LogP contribution in [0.1, 0.15) is 77.0 Å². The zero-order chi connectivity index (χ0) is 14.2. The van der Waals surface area contributed by atoms with Crippen molar-refractivity contribution < 1.29 is 0 Å². The monoisotopic (exact) mass is 308 g/mol. The van der Waals surface area contributed by atoms with Crippen LogP contribution in [0.25, 0.3) is 0 Å². The Labute approximate surface area is 134 Å². The number of nitrogens with zero attached hydrogens (tertiary/aromatic N) is 1. The Balaban J connectivity index is 1.56. The molecule has 120 valence electrons. The van der Waals surface area contributed by atoms with E-state index in [4.69, 9.17) is 5.73 Å². The van der Waals surface area contributed by atoms with Gasteiger partial charge in [-0.1, -0.05) is 25.7 Å². The fraction of sp³-hybridized carbons (Fsp3) is 1.00. The Morgan fingerprint density at radius 3 is 1.76 bits per heavy atom. The molecule has 4 rings (SSSR count). The molecule has 3 heteroatoms. The van der Waals surface area contributed by atoms with E-state index in [1.54, 1.807) is 0 Å². The average Bonchev–Trinajstić information content (AvgIpc) is 2.53. The Bertz CT molecular complexity index is 331. The zero-order valence-corrected chi connectivity index (χ0v) is 14.2. The Hall–Kier alpha value is 0.270. The van der Waals surface area contributed by atoms with Crippen molar-refractivity contribution in [1.82, 2.24) is 4.90 Å². The Morgan fingerprint density at radius 2 is 1.19 bits per heavy atom. The number of thioether (sulfide) groups is 1. The van der Waals surface area contributed by atoms with Crippen molar-refractivity contribution in [3.63, 3.8) is 0 Å². The van der Waals surface area contributed by atoms with E-state index in [9.17, 15) is 0 Å². The molecule has 4 fully saturated rings. The quantitative estimate of drug-likeness (QED) is 0.796. The van der Waals surface area contributed by atoms with E-state index >= 15 is 0 Å². The Morgan fingerprint density at radius 1 is 0.667 bits per heavy atom. The summed E-state index contributed by atoms with van der Waals surface area (Å²) in [6.45, 7) is 0. The molecule has 3 saturated carbocycles. The van der Waals surface area contributed by atoms with Crippen LogP contribution in [0.15, 0.2) is 0 Å². The van der Waals surface area contributed by atoms with Crippen molar-refractivity contribution in [1.29, 1.82) is 0 Å². The van der Waals surface area contributed by atoms with Gasteiger partial charge < -0.3 is 5.73 Å². The van der Waals surface area contributed by atoms with Crippen LogP contribution >= 0.6 is 11.8 Å². The first-order valence-electron chi connectivity index (χ1n) is 9.51. The second-order valence-electron chi connectivity index (χ2n) is 7.93. The molecule has 2 nitrogen and oxygen atoms in total. The summed E-state index contributed by atoms with van der Waals surface area (Å²) < 4.78 is 0. The summed E-state index contributed by atoms with van der Waals surface area (Å²) in [5, 5.41) is 1.90. The third-order valence-corrected chi connectivity index (χ3v) is 8.41. The highest BCUT2D eigenvalue weighted by Gasteiger charge is 2.47. The van der Waals surface area contributed by atoms with Gasteiger partial charge in [0.15, 0.2) is 0 Å². The summed E-state index contributed by atoms with van der Waals surface area (Å²) in [5.41, 5.74) is 6.17. The second kappa shape index (κ2) is 6.41. The molecular formula is C18H32N2S. The van der Waals surface area contributed by atoms with E-state index in [0.29, 0.717) is 6.04 Å². The number of hydrogen-bond donors (Lipinski definition) is 1. The van der Waals surface area contributed by atoms with E-state index in [2.05, 4.69) is 16.7 Å². The molecule has 0 aromatic carbocycles. The normalized spacial score (nSPS) is 48.4. The lowest BCUT2D eigenvalue weighted by Crippen LogP contribution is -2.62. The minimum Gasteiger partial charge on any atom is -0.328 e. The molecular weight excluding hydrogens is 276 g/mol. The van der Waals surface area contributed by atoms with Gasteiger partial charge in [-0.25, -0.2) is 0 Å². The number of fused-ring (bicyclic) bond motifs is 2. The summed E-state index contributed by atoms with van der Waals surface area (Å²) in [6.07, 6.45) is 17.1. The van der Waals surface area contributed by atoms with E-state index in [0.717, 1.165) is 28.6 Å². The summed E-state index contributed by atoms with van der Waals surface area (Å²) in [7, 11) is 0. The van der Waals surface area contributed by atoms with E-state index in [1.165, 1.54) is 77.0 Å². The molecule has 0 aromatic heterocycles. The van der Waals surface area contributed by atoms with Gasteiger partial charge in [0, 0.05) is 34.7 Å². The standard InChI is InChI=1S/C18H32N2S/c19-13-9-11-14(12-10-13)20-15-5-1-3-7-17(15)21-18-8-4-2-6-16(18)20/h13-18H,1-12,19H2. The Kier molecular flexibility index (Phi) is 4.53. The van der Waals surface area contributed by atoms with Crippen LogP contribution < -0.4 is 5.73 Å². The predicted octanol–water partition coefficient (Wildman–Crippen LogP) is 3.93. The fourth-order valence-corrected chi connectivity index (χ4v) is 7.54. The second-order valence-corrected chi connectivity index (χ2v) is 9.42. The minimum atomic E-state index is 0.490. The zero-order valence-electron chi connectivity index (χ0n) is 13.4. The first kappa shape index (κ1) is 14.8. The van der Waals surface area contributed by atoms with Crippen LogP contribution in [0.4, 0.5) is 0 Å². The van der Waals surface area contributed by atoms with Crippen molar-refractivity contribution in [2.75, 3.05) is 0 Å². The predicted molar refractivity (Wildman–Crippen MR) is 91.7 cm³/mol. The lowest BCUT2D eigenvalue weighted by atomic mass is 9.82. The van der Waals surface area contributed by atoms with Crippen molar-refractivity contribution in [3.05, 3.63) is 0 Å². The molecule has 4 aliphatic rings. The van der Waals surface area contributed by atoms with Gasteiger partial charge in [0.1, 0.15) is 0 Å². The van der Waals surface area contributed by atoms with Gasteiger partial charge in [-0.2, -0.15) is 11.8 Å². The van der Waals surface area contributed by atoms with Gasteiger partial charge in [-0.15, -0.1) is 0 Å². The highest BCUT2D eigenvalue weighted by atomic mass is 32.2. The minimum absolute atomic E-state index is 0.490. The van der Waals surface area contributed by atoms with Gasteiger partial charge in [-0.05, 0) is 51.4 Å². The molecule has 0 aromatic rings. The lowest BCUT2D eigenvalue weighted by molar-refractivity contribution is 0.0176. The lowest BCUT2D eigenvalue weighted by Gasteiger charge is -2.56. The molecule has 4 unspecified atom stereocenters. The first-order valence-corrected chi connectivity index (χ1v) is 10.5. The molecule has 4 atom stereocenters. The average molecular weight is 309 g/mol. The van der Waals surface area contributed by atoms with E-state index in [1.807, 2.05) is 0 Å². The summed E-state index contributed by atoms with van der Waals surface area (Å²) in [5.74, 6) is 0. The summed E-state index contributed by atoms with van der Waals surface area (Å²) in [4.78, 5) is 3.08. The molecule has 0 bridgehead atoms. The van der Waals surface area contributed by atoms with Crippen LogP contribution in [0.3, 0.4) is 0 Å². The van der Waals surface area contributed by atoms with Gasteiger partial charge in [0.25, 0.3) is 0 Å². The van der Waals surface area contributed by atoms with Crippen molar-refractivity contribution in [2.45, 2.75) is 112 Å². The van der Waals surface area contributed by atoms with Gasteiger partial charge in [0.2, 0.25) is 0 Å². The topological polar surface area (TPSA) is 29.3 Å². The molecule has 1 saturated heterocycles. The van der Waals surface area contributed by atoms with Crippen molar-refractivity contribution in [3.8, 4) is 0 Å². The third kappa shape index (κ3) is 2.90. The van der Waals surface area contributed by atoms with E-state index < -0.39 is 0 Å². The molecule has 21 heavy (non-hydrogen) atoms. The summed E-state index contributed by atoms with van der Waals surface area (Å²) >= 11 is 2.40. The molecule has 1 heterocycles. The van der Waals surface area contributed by atoms with Crippen LogP contribution in [-0.2, 0) is 0 Å². The smallest absolute Gasteiger partial charge is 0.0221 e. The van der Waals surface area contributed by atoms with Gasteiger partial charge in [0.05, 0.1) is 0 Å². The SMILES string of the molecule is NC1CCC(N2C3CCCCC3SC3CCCCC32)CC1. The van der Waals surface area contributed by atoms with Gasteiger partial charge in [-0.3, -0.25) is 4.90 Å². The van der Waals surface area contributed by atoms with Crippen LogP contribution in [0.2, 0.25) is 0 Å². The maximum Gasteiger partial charge on any atom is 0.0221 e. The molecule has 3 aliphatic carbocycles. The number of nitrogens with two attached hydrogens (primary N) is 1. The molecule has 2 N–H and O–H groups in total. The highest BCUT2D eigenvalue weighted by molar-refractivity contribution is 8.00. The maximum atomic E-state index is 6.17. The fourth-order valence-electron chi connectivity index (χ4n) is 5.57. The van der Waals surface area contributed by atoms with Gasteiger partial charge >= 0.3 is 0 Å². The molecule has 0 radical (unpaired) electrons. The van der Waals surface area contributed by atoms with Crippen molar-refractivity contribution in [2.24, 2.45) is 5.73 Å². The van der Waals surface area contributed by atoms with E-state index in [-0.39, 0.29) is 0 Å². The molecule has 1 aliphatic heterocycles. The number of rotatable bonds is 1. The first-order chi connectivity index (χ1) is 10.3. The maximum absolute atomic E-state index is 6.17. The van der Waals surface area contributed by atoms with Crippen LogP contribution in [0, 0.1) is 0 Å². The summed E-state index contributed by atoms with van der Waals surface area (Å²) in [6, 6.07) is 3.16. The largest absolute Gasteiger partial charge is 0.328 e. The van der Waals surface area contributed by atoms with Crippen molar-refractivity contribution >= 4 is 11.8 Å². The third-order valence-electron chi connectivity index (χ3n) is 6.61.